The van der Waals surface area contributed by atoms with E-state index in [0.29, 0.717) is 6.04 Å². The van der Waals surface area contributed by atoms with Gasteiger partial charge in [-0.3, -0.25) is 5.43 Å². The Kier molecular flexibility index (Phi) is 5.15. The minimum atomic E-state index is 0.704. The van der Waals surface area contributed by atoms with E-state index in [0.717, 1.165) is 19.6 Å². The quantitative estimate of drug-likeness (QED) is 0.662. The summed E-state index contributed by atoms with van der Waals surface area (Å²) in [6, 6.07) is 0.704. The Balaban J connectivity index is 2.13. The van der Waals surface area contributed by atoms with Crippen LogP contribution in [-0.4, -0.2) is 37.7 Å². The van der Waals surface area contributed by atoms with Crippen LogP contribution >= 0.6 is 0 Å². The van der Waals surface area contributed by atoms with Crippen LogP contribution in [0, 0.1) is 0 Å². The van der Waals surface area contributed by atoms with E-state index in [1.165, 1.54) is 18.4 Å². The Labute approximate surface area is 87.5 Å². The Hall–Kier alpha value is -0.380. The van der Waals surface area contributed by atoms with Crippen LogP contribution in [0.5, 0.6) is 0 Å². The Bertz CT molecular complexity index is 177. The molecule has 0 saturated carbocycles. The molecule has 0 bridgehead atoms. The Morgan fingerprint density at radius 1 is 1.36 bits per heavy atom. The van der Waals surface area contributed by atoms with Gasteiger partial charge in [-0.05, 0) is 33.7 Å². The molecule has 0 aromatic heterocycles. The molecule has 0 aliphatic carbocycles. The zero-order valence-corrected chi connectivity index (χ0v) is 9.64. The average molecular weight is 197 g/mol. The molecule has 3 heteroatoms. The topological polar surface area (TPSA) is 27.3 Å². The Morgan fingerprint density at radius 2 is 2.00 bits per heavy atom. The third-order valence-electron chi connectivity index (χ3n) is 2.73. The van der Waals surface area contributed by atoms with Crippen molar-refractivity contribution >= 4 is 0 Å². The minimum absolute atomic E-state index is 0.704. The smallest absolute Gasteiger partial charge is 0.0145 e. The molecule has 0 unspecified atom stereocenters. The number of nitrogens with zero attached hydrogens (tertiary/aromatic N) is 1. The number of hydrogen-bond acceptors (Lipinski definition) is 3. The highest BCUT2D eigenvalue weighted by Crippen LogP contribution is 2.07. The summed E-state index contributed by atoms with van der Waals surface area (Å²) in [5, 5.41) is 5.84. The van der Waals surface area contributed by atoms with Gasteiger partial charge < -0.3 is 5.32 Å². The van der Waals surface area contributed by atoms with Crippen molar-refractivity contribution in [3.63, 3.8) is 0 Å². The lowest BCUT2D eigenvalue weighted by Gasteiger charge is -2.31. The number of nitrogens with one attached hydrogen (secondary N) is 2. The fourth-order valence-electron chi connectivity index (χ4n) is 1.74. The first-order valence-electron chi connectivity index (χ1n) is 5.51. The average Bonchev–Trinajstić information content (AvgIpc) is 2.18. The fraction of sp³-hybridized carbons (Fsp3) is 0.818. The van der Waals surface area contributed by atoms with Crippen molar-refractivity contribution in [2.75, 3.05) is 26.7 Å². The highest BCUT2D eigenvalue weighted by atomic mass is 15.5. The maximum atomic E-state index is 3.57. The van der Waals surface area contributed by atoms with Crippen LogP contribution in [0.4, 0.5) is 0 Å². The SMILES string of the molecule is CNN1CCC(NCC=C(C)C)CC1. The number of allylic oxidation sites excluding steroid dienone is 1. The molecule has 0 aromatic carbocycles. The van der Waals surface area contributed by atoms with E-state index in [1.807, 2.05) is 7.05 Å². The van der Waals surface area contributed by atoms with Gasteiger partial charge >= 0.3 is 0 Å². The summed E-state index contributed by atoms with van der Waals surface area (Å²) >= 11 is 0. The fourth-order valence-corrected chi connectivity index (χ4v) is 1.74. The summed E-state index contributed by atoms with van der Waals surface area (Å²) in [5.41, 5.74) is 4.59. The summed E-state index contributed by atoms with van der Waals surface area (Å²) in [6.45, 7) is 7.62. The lowest BCUT2D eigenvalue weighted by molar-refractivity contribution is 0.150. The number of piperidine rings is 1. The van der Waals surface area contributed by atoms with E-state index in [2.05, 4.69) is 35.7 Å². The Morgan fingerprint density at radius 3 is 2.50 bits per heavy atom. The predicted molar refractivity (Wildman–Crippen MR) is 61.1 cm³/mol. The van der Waals surface area contributed by atoms with E-state index in [9.17, 15) is 0 Å². The first kappa shape index (κ1) is 11.7. The van der Waals surface area contributed by atoms with Crippen molar-refractivity contribution < 1.29 is 0 Å². The van der Waals surface area contributed by atoms with Gasteiger partial charge in [-0.25, -0.2) is 5.01 Å². The van der Waals surface area contributed by atoms with Gasteiger partial charge in [0.2, 0.25) is 0 Å². The summed E-state index contributed by atoms with van der Waals surface area (Å²) in [6.07, 6.45) is 4.75. The van der Waals surface area contributed by atoms with E-state index >= 15 is 0 Å². The van der Waals surface area contributed by atoms with E-state index < -0.39 is 0 Å². The van der Waals surface area contributed by atoms with Gasteiger partial charge in [-0.2, -0.15) is 0 Å². The van der Waals surface area contributed by atoms with Gasteiger partial charge in [0, 0.05) is 25.7 Å². The van der Waals surface area contributed by atoms with Crippen LogP contribution in [0.15, 0.2) is 11.6 Å². The second kappa shape index (κ2) is 6.17. The van der Waals surface area contributed by atoms with Gasteiger partial charge in [-0.1, -0.05) is 11.6 Å². The highest BCUT2D eigenvalue weighted by Gasteiger charge is 2.16. The van der Waals surface area contributed by atoms with Crippen molar-refractivity contribution in [3.8, 4) is 0 Å². The molecule has 0 aromatic rings. The number of rotatable bonds is 4. The summed E-state index contributed by atoms with van der Waals surface area (Å²) in [7, 11) is 2.00. The normalized spacial score (nSPS) is 19.6. The molecule has 0 atom stereocenters. The zero-order chi connectivity index (χ0) is 10.4. The summed E-state index contributed by atoms with van der Waals surface area (Å²) < 4.78 is 0. The van der Waals surface area contributed by atoms with Crippen molar-refractivity contribution in [2.24, 2.45) is 0 Å². The maximum absolute atomic E-state index is 3.57. The van der Waals surface area contributed by atoms with Gasteiger partial charge in [0.1, 0.15) is 0 Å². The van der Waals surface area contributed by atoms with Gasteiger partial charge in [-0.15, -0.1) is 0 Å². The van der Waals surface area contributed by atoms with Crippen LogP contribution in [-0.2, 0) is 0 Å². The molecule has 1 heterocycles. The standard InChI is InChI=1S/C11H23N3/c1-10(2)4-7-13-11-5-8-14(12-3)9-6-11/h4,11-13H,5-9H2,1-3H3. The molecule has 2 N–H and O–H groups in total. The van der Waals surface area contributed by atoms with Crippen molar-refractivity contribution in [3.05, 3.63) is 11.6 Å². The van der Waals surface area contributed by atoms with Gasteiger partial charge in [0.15, 0.2) is 0 Å². The molecule has 1 aliphatic heterocycles. The molecule has 14 heavy (non-hydrogen) atoms. The molecule has 0 radical (unpaired) electrons. The lowest BCUT2D eigenvalue weighted by Crippen LogP contribution is -2.47. The molecule has 1 rings (SSSR count). The number of hydrogen-bond donors (Lipinski definition) is 2. The monoisotopic (exact) mass is 197 g/mol. The molecule has 82 valence electrons. The second-order valence-corrected chi connectivity index (χ2v) is 4.17. The molecule has 1 saturated heterocycles. The summed E-state index contributed by atoms with van der Waals surface area (Å²) in [4.78, 5) is 0. The van der Waals surface area contributed by atoms with Gasteiger partial charge in [0.05, 0.1) is 0 Å². The first-order valence-corrected chi connectivity index (χ1v) is 5.51. The molecule has 0 spiro atoms. The maximum Gasteiger partial charge on any atom is 0.0145 e. The largest absolute Gasteiger partial charge is 0.310 e. The second-order valence-electron chi connectivity index (χ2n) is 4.17. The van der Waals surface area contributed by atoms with Crippen molar-refractivity contribution in [2.45, 2.75) is 32.7 Å². The van der Waals surface area contributed by atoms with E-state index in [1.54, 1.807) is 0 Å². The van der Waals surface area contributed by atoms with E-state index in [4.69, 9.17) is 0 Å². The summed E-state index contributed by atoms with van der Waals surface area (Å²) in [5.74, 6) is 0. The van der Waals surface area contributed by atoms with E-state index in [-0.39, 0.29) is 0 Å². The van der Waals surface area contributed by atoms with Gasteiger partial charge in [0.25, 0.3) is 0 Å². The molecule has 3 nitrogen and oxygen atoms in total. The first-order chi connectivity index (χ1) is 6.72. The van der Waals surface area contributed by atoms with Crippen LogP contribution in [0.1, 0.15) is 26.7 Å². The molecule has 0 amide bonds. The molecular formula is C11H23N3. The lowest BCUT2D eigenvalue weighted by atomic mass is 10.1. The third kappa shape index (κ3) is 4.22. The number of hydrazine groups is 1. The third-order valence-corrected chi connectivity index (χ3v) is 2.73. The molecule has 1 fully saturated rings. The zero-order valence-electron chi connectivity index (χ0n) is 9.64. The van der Waals surface area contributed by atoms with Crippen LogP contribution in [0.3, 0.4) is 0 Å². The highest BCUT2D eigenvalue weighted by molar-refractivity contribution is 4.95. The molecular weight excluding hydrogens is 174 g/mol. The predicted octanol–water partition coefficient (Wildman–Crippen LogP) is 1.14. The minimum Gasteiger partial charge on any atom is -0.310 e. The van der Waals surface area contributed by atoms with Crippen LogP contribution in [0.25, 0.3) is 0 Å². The van der Waals surface area contributed by atoms with Crippen LogP contribution < -0.4 is 10.7 Å². The van der Waals surface area contributed by atoms with Crippen LogP contribution in [0.2, 0.25) is 0 Å². The molecule has 1 aliphatic rings. The van der Waals surface area contributed by atoms with Crippen molar-refractivity contribution in [1.82, 2.24) is 15.8 Å². The van der Waals surface area contributed by atoms with Crippen molar-refractivity contribution in [1.29, 1.82) is 0 Å².